The Hall–Kier alpha value is -2.02. The summed E-state index contributed by atoms with van der Waals surface area (Å²) in [6.45, 7) is 7.53. The number of terminal acetylenes is 1. The highest BCUT2D eigenvalue weighted by Crippen LogP contribution is 2.06. The fraction of sp³-hybridized carbons (Fsp3) is 0.429. The van der Waals surface area contributed by atoms with Gasteiger partial charge in [0.1, 0.15) is 5.60 Å². The number of hydrogen-bond donors (Lipinski definition) is 1. The minimum absolute atomic E-state index is 0.256. The van der Waals surface area contributed by atoms with E-state index in [0.29, 0.717) is 12.8 Å². The lowest BCUT2D eigenvalue weighted by Crippen LogP contribution is -2.33. The maximum atomic E-state index is 11.3. The molecule has 0 aromatic heterocycles. The Balaban J connectivity index is 4.27. The lowest BCUT2D eigenvalue weighted by molar-refractivity contribution is -0.104. The Morgan fingerprint density at radius 3 is 2.44 bits per heavy atom. The molecule has 18 heavy (non-hydrogen) atoms. The van der Waals surface area contributed by atoms with Gasteiger partial charge in [0.05, 0.1) is 5.57 Å². The number of allylic oxidation sites excluding steroid dienone is 3. The zero-order chi connectivity index (χ0) is 14.2. The average molecular weight is 249 g/mol. The smallest absolute Gasteiger partial charge is 0.407 e. The Kier molecular flexibility index (Phi) is 6.51. The monoisotopic (exact) mass is 249 g/mol. The van der Waals surface area contributed by atoms with E-state index in [2.05, 4.69) is 11.2 Å². The predicted molar refractivity (Wildman–Crippen MR) is 71.0 cm³/mol. The van der Waals surface area contributed by atoms with Crippen LogP contribution in [-0.2, 0) is 9.53 Å². The first-order valence-electron chi connectivity index (χ1n) is 5.54. The van der Waals surface area contributed by atoms with Crippen molar-refractivity contribution in [3.05, 3.63) is 23.3 Å². The quantitative estimate of drug-likeness (QED) is 0.360. The topological polar surface area (TPSA) is 55.4 Å². The van der Waals surface area contributed by atoms with Crippen molar-refractivity contribution in [1.29, 1.82) is 0 Å². The first-order valence-corrected chi connectivity index (χ1v) is 5.54. The SMILES string of the molecule is C#C/C(C=O)=C\C=C(/C)CNC(=O)OC(C)(C)C. The number of aldehydes is 1. The van der Waals surface area contributed by atoms with E-state index in [1.165, 1.54) is 6.08 Å². The highest BCUT2D eigenvalue weighted by molar-refractivity contribution is 5.80. The van der Waals surface area contributed by atoms with Crippen molar-refractivity contribution in [3.63, 3.8) is 0 Å². The van der Waals surface area contributed by atoms with E-state index < -0.39 is 11.7 Å². The van der Waals surface area contributed by atoms with Gasteiger partial charge in [-0.15, -0.1) is 6.42 Å². The molecule has 0 aliphatic heterocycles. The zero-order valence-corrected chi connectivity index (χ0v) is 11.2. The number of carbonyl (C=O) groups excluding carboxylic acids is 2. The van der Waals surface area contributed by atoms with Crippen molar-refractivity contribution in [2.24, 2.45) is 0 Å². The molecule has 4 heteroatoms. The Morgan fingerprint density at radius 2 is 2.00 bits per heavy atom. The van der Waals surface area contributed by atoms with Gasteiger partial charge in [0.2, 0.25) is 0 Å². The summed E-state index contributed by atoms with van der Waals surface area (Å²) < 4.78 is 5.07. The molecule has 0 aliphatic carbocycles. The molecule has 98 valence electrons. The summed E-state index contributed by atoms with van der Waals surface area (Å²) in [5.41, 5.74) is 0.595. The van der Waals surface area contributed by atoms with Crippen LogP contribution in [0, 0.1) is 12.3 Å². The van der Waals surface area contributed by atoms with E-state index in [4.69, 9.17) is 11.2 Å². The van der Waals surface area contributed by atoms with Crippen LogP contribution in [0.2, 0.25) is 0 Å². The van der Waals surface area contributed by atoms with E-state index in [1.54, 1.807) is 26.8 Å². The summed E-state index contributed by atoms with van der Waals surface area (Å²) in [4.78, 5) is 21.8. The lowest BCUT2D eigenvalue weighted by atomic mass is 10.2. The lowest BCUT2D eigenvalue weighted by Gasteiger charge is -2.19. The molecule has 0 aliphatic rings. The molecule has 1 N–H and O–H groups in total. The van der Waals surface area contributed by atoms with Gasteiger partial charge in [-0.05, 0) is 33.8 Å². The zero-order valence-electron chi connectivity index (χ0n) is 11.2. The van der Waals surface area contributed by atoms with E-state index in [0.717, 1.165) is 5.57 Å². The van der Waals surface area contributed by atoms with Gasteiger partial charge in [-0.2, -0.15) is 0 Å². The molecule has 0 radical (unpaired) electrons. The highest BCUT2D eigenvalue weighted by atomic mass is 16.6. The van der Waals surface area contributed by atoms with Crippen LogP contribution in [0.25, 0.3) is 0 Å². The molecule has 0 saturated heterocycles. The second-order valence-corrected chi connectivity index (χ2v) is 4.75. The molecule has 0 bridgehead atoms. The fourth-order valence-electron chi connectivity index (χ4n) is 0.938. The number of ether oxygens (including phenoxy) is 1. The molecular formula is C14H19NO3. The van der Waals surface area contributed by atoms with Crippen molar-refractivity contribution in [2.45, 2.75) is 33.3 Å². The number of nitrogens with one attached hydrogen (secondary N) is 1. The molecule has 0 rings (SSSR count). The number of hydrogen-bond acceptors (Lipinski definition) is 3. The molecule has 0 aromatic carbocycles. The van der Waals surface area contributed by atoms with Gasteiger partial charge in [0.25, 0.3) is 0 Å². The van der Waals surface area contributed by atoms with Crippen LogP contribution in [0.15, 0.2) is 23.3 Å². The van der Waals surface area contributed by atoms with Crippen molar-refractivity contribution in [1.82, 2.24) is 5.32 Å². The number of carbonyl (C=O) groups is 2. The van der Waals surface area contributed by atoms with Gasteiger partial charge < -0.3 is 10.1 Å². The molecule has 4 nitrogen and oxygen atoms in total. The molecule has 1 amide bonds. The molecule has 0 heterocycles. The van der Waals surface area contributed by atoms with Gasteiger partial charge in [-0.25, -0.2) is 4.79 Å². The summed E-state index contributed by atoms with van der Waals surface area (Å²) in [6, 6.07) is 0. The fourth-order valence-corrected chi connectivity index (χ4v) is 0.938. The van der Waals surface area contributed by atoms with Crippen LogP contribution in [0.5, 0.6) is 0 Å². The maximum Gasteiger partial charge on any atom is 0.407 e. The number of alkyl carbamates (subject to hydrolysis) is 1. The van der Waals surface area contributed by atoms with Crippen molar-refractivity contribution in [3.8, 4) is 12.3 Å². The van der Waals surface area contributed by atoms with Crippen LogP contribution < -0.4 is 5.32 Å². The molecule has 0 unspecified atom stereocenters. The molecular weight excluding hydrogens is 230 g/mol. The van der Waals surface area contributed by atoms with Gasteiger partial charge in [0, 0.05) is 6.54 Å². The first-order chi connectivity index (χ1) is 8.28. The third-order valence-corrected chi connectivity index (χ3v) is 1.75. The summed E-state index contributed by atoms with van der Waals surface area (Å²) in [5, 5.41) is 2.60. The van der Waals surface area contributed by atoms with Crippen LogP contribution in [0.4, 0.5) is 4.79 Å². The second kappa shape index (κ2) is 7.33. The average Bonchev–Trinajstić information content (AvgIpc) is 2.25. The van der Waals surface area contributed by atoms with Crippen molar-refractivity contribution in [2.75, 3.05) is 6.54 Å². The largest absolute Gasteiger partial charge is 0.444 e. The minimum atomic E-state index is -0.518. The van der Waals surface area contributed by atoms with Crippen molar-refractivity contribution < 1.29 is 14.3 Å². The minimum Gasteiger partial charge on any atom is -0.444 e. The van der Waals surface area contributed by atoms with E-state index >= 15 is 0 Å². The van der Waals surface area contributed by atoms with Gasteiger partial charge in [-0.1, -0.05) is 17.6 Å². The summed E-state index contributed by atoms with van der Waals surface area (Å²) in [7, 11) is 0. The van der Waals surface area contributed by atoms with E-state index in [1.807, 2.05) is 6.92 Å². The first kappa shape index (κ1) is 16.0. The van der Waals surface area contributed by atoms with Crippen LogP contribution in [0.1, 0.15) is 27.7 Å². The molecule has 0 fully saturated rings. The summed E-state index contributed by atoms with van der Waals surface area (Å²) >= 11 is 0. The standard InChI is InChI=1S/C14H19NO3/c1-6-12(10-16)8-7-11(2)9-15-13(17)18-14(3,4)5/h1,7-8,10H,9H2,2-5H3,(H,15,17)/b11-7+,12-8+. The Morgan fingerprint density at radius 1 is 1.39 bits per heavy atom. The molecule has 0 spiro atoms. The third kappa shape index (κ3) is 8.17. The third-order valence-electron chi connectivity index (χ3n) is 1.75. The van der Waals surface area contributed by atoms with Crippen LogP contribution in [0.3, 0.4) is 0 Å². The van der Waals surface area contributed by atoms with Crippen LogP contribution in [-0.4, -0.2) is 24.5 Å². The molecule has 0 atom stereocenters. The Labute approximate surface area is 108 Å². The normalized spacial score (nSPS) is 12.6. The van der Waals surface area contributed by atoms with Crippen molar-refractivity contribution >= 4 is 12.4 Å². The van der Waals surface area contributed by atoms with Gasteiger partial charge in [0.15, 0.2) is 6.29 Å². The second-order valence-electron chi connectivity index (χ2n) is 4.75. The summed E-state index contributed by atoms with van der Waals surface area (Å²) in [5.74, 6) is 2.24. The summed E-state index contributed by atoms with van der Waals surface area (Å²) in [6.07, 6.45) is 8.42. The van der Waals surface area contributed by atoms with Gasteiger partial charge in [-0.3, -0.25) is 4.79 Å². The predicted octanol–water partition coefficient (Wildman–Crippen LogP) is 2.22. The Bertz CT molecular complexity index is 406. The molecule has 0 aromatic rings. The maximum absolute atomic E-state index is 11.3. The van der Waals surface area contributed by atoms with E-state index in [-0.39, 0.29) is 5.57 Å². The van der Waals surface area contributed by atoms with E-state index in [9.17, 15) is 9.59 Å². The highest BCUT2D eigenvalue weighted by Gasteiger charge is 2.15. The number of rotatable bonds is 4. The van der Waals surface area contributed by atoms with Crippen LogP contribution >= 0.6 is 0 Å². The molecule has 0 saturated carbocycles. The number of amides is 1. The van der Waals surface area contributed by atoms with Gasteiger partial charge >= 0.3 is 6.09 Å².